The fraction of sp³-hybridized carbons (Fsp3) is 0.545. The highest BCUT2D eigenvalue weighted by Crippen LogP contribution is 2.30. The summed E-state index contributed by atoms with van der Waals surface area (Å²) in [7, 11) is 2.10. The molecule has 1 aliphatic carbocycles. The van der Waals surface area contributed by atoms with E-state index in [4.69, 9.17) is 5.73 Å². The summed E-state index contributed by atoms with van der Waals surface area (Å²) >= 11 is 0. The van der Waals surface area contributed by atoms with Crippen molar-refractivity contribution in [2.24, 2.45) is 11.7 Å². The Bertz CT molecular complexity index is 307. The SMILES string of the molecule is CN(CC1CC1)c1ncccc1CN. The molecule has 0 saturated heterocycles. The summed E-state index contributed by atoms with van der Waals surface area (Å²) in [6.07, 6.45) is 4.57. The second kappa shape index (κ2) is 3.96. The van der Waals surface area contributed by atoms with Crippen molar-refractivity contribution in [1.82, 2.24) is 4.98 Å². The van der Waals surface area contributed by atoms with Crippen molar-refractivity contribution in [3.63, 3.8) is 0 Å². The van der Waals surface area contributed by atoms with Gasteiger partial charge in [-0.2, -0.15) is 0 Å². The van der Waals surface area contributed by atoms with Gasteiger partial charge in [-0.1, -0.05) is 6.07 Å². The Hall–Kier alpha value is -1.09. The highest BCUT2D eigenvalue weighted by molar-refractivity contribution is 5.45. The first-order chi connectivity index (χ1) is 6.81. The van der Waals surface area contributed by atoms with E-state index < -0.39 is 0 Å². The number of hydrogen-bond donors (Lipinski definition) is 1. The molecule has 14 heavy (non-hydrogen) atoms. The normalized spacial score (nSPS) is 15.6. The second-order valence-electron chi connectivity index (χ2n) is 4.01. The van der Waals surface area contributed by atoms with Crippen LogP contribution >= 0.6 is 0 Å². The second-order valence-corrected chi connectivity index (χ2v) is 4.01. The van der Waals surface area contributed by atoms with Crippen LogP contribution in [-0.4, -0.2) is 18.6 Å². The van der Waals surface area contributed by atoms with Crippen LogP contribution in [0.3, 0.4) is 0 Å². The van der Waals surface area contributed by atoms with Crippen LogP contribution in [0.25, 0.3) is 0 Å². The van der Waals surface area contributed by atoms with Crippen LogP contribution in [0.1, 0.15) is 18.4 Å². The van der Waals surface area contributed by atoms with Gasteiger partial charge in [0, 0.05) is 31.9 Å². The molecule has 0 aliphatic heterocycles. The Kier molecular flexibility index (Phi) is 2.68. The highest BCUT2D eigenvalue weighted by atomic mass is 15.2. The predicted octanol–water partition coefficient (Wildman–Crippen LogP) is 1.39. The summed E-state index contributed by atoms with van der Waals surface area (Å²) < 4.78 is 0. The van der Waals surface area contributed by atoms with Crippen LogP contribution in [0, 0.1) is 5.92 Å². The average molecular weight is 191 g/mol. The third kappa shape index (κ3) is 2.04. The smallest absolute Gasteiger partial charge is 0.132 e. The molecule has 0 atom stereocenters. The minimum absolute atomic E-state index is 0.568. The fourth-order valence-electron chi connectivity index (χ4n) is 1.71. The first-order valence-corrected chi connectivity index (χ1v) is 5.16. The lowest BCUT2D eigenvalue weighted by Crippen LogP contribution is -2.23. The molecule has 2 N–H and O–H groups in total. The summed E-state index contributed by atoms with van der Waals surface area (Å²) in [4.78, 5) is 6.60. The Morgan fingerprint density at radius 2 is 2.36 bits per heavy atom. The van der Waals surface area contributed by atoms with Gasteiger partial charge in [-0.15, -0.1) is 0 Å². The van der Waals surface area contributed by atoms with Crippen molar-refractivity contribution >= 4 is 5.82 Å². The van der Waals surface area contributed by atoms with Gasteiger partial charge in [-0.25, -0.2) is 4.98 Å². The Morgan fingerprint density at radius 1 is 1.57 bits per heavy atom. The molecule has 3 heteroatoms. The van der Waals surface area contributed by atoms with Crippen molar-refractivity contribution in [3.8, 4) is 0 Å². The van der Waals surface area contributed by atoms with Crippen molar-refractivity contribution in [3.05, 3.63) is 23.9 Å². The van der Waals surface area contributed by atoms with Crippen molar-refractivity contribution < 1.29 is 0 Å². The molecule has 1 heterocycles. The van der Waals surface area contributed by atoms with E-state index in [0.717, 1.165) is 23.8 Å². The van der Waals surface area contributed by atoms with E-state index in [-0.39, 0.29) is 0 Å². The third-order valence-corrected chi connectivity index (χ3v) is 2.68. The minimum Gasteiger partial charge on any atom is -0.359 e. The van der Waals surface area contributed by atoms with E-state index in [9.17, 15) is 0 Å². The van der Waals surface area contributed by atoms with Crippen LogP contribution in [0.2, 0.25) is 0 Å². The van der Waals surface area contributed by atoms with Gasteiger partial charge >= 0.3 is 0 Å². The van der Waals surface area contributed by atoms with Crippen LogP contribution in [0.4, 0.5) is 5.82 Å². The first kappa shape index (κ1) is 9.46. The monoisotopic (exact) mass is 191 g/mol. The van der Waals surface area contributed by atoms with Crippen molar-refractivity contribution in [2.75, 3.05) is 18.5 Å². The molecule has 0 unspecified atom stereocenters. The maximum atomic E-state index is 5.67. The molecule has 0 bridgehead atoms. The number of nitrogens with zero attached hydrogens (tertiary/aromatic N) is 2. The summed E-state index contributed by atoms with van der Waals surface area (Å²) in [5, 5.41) is 0. The Balaban J connectivity index is 2.11. The molecule has 2 rings (SSSR count). The molecule has 76 valence electrons. The number of anilines is 1. The third-order valence-electron chi connectivity index (χ3n) is 2.68. The summed E-state index contributed by atoms with van der Waals surface area (Å²) in [5.74, 6) is 1.93. The van der Waals surface area contributed by atoms with E-state index in [1.54, 1.807) is 0 Å². The summed E-state index contributed by atoms with van der Waals surface area (Å²) in [5.41, 5.74) is 6.80. The van der Waals surface area contributed by atoms with Gasteiger partial charge in [0.05, 0.1) is 0 Å². The molecular formula is C11H17N3. The number of hydrogen-bond acceptors (Lipinski definition) is 3. The predicted molar refractivity (Wildman–Crippen MR) is 58.1 cm³/mol. The molecular weight excluding hydrogens is 174 g/mol. The highest BCUT2D eigenvalue weighted by Gasteiger charge is 2.23. The fourth-order valence-corrected chi connectivity index (χ4v) is 1.71. The largest absolute Gasteiger partial charge is 0.359 e. The quantitative estimate of drug-likeness (QED) is 0.782. The zero-order chi connectivity index (χ0) is 9.97. The van der Waals surface area contributed by atoms with Gasteiger partial charge in [-0.05, 0) is 24.8 Å². The molecule has 3 nitrogen and oxygen atoms in total. The average Bonchev–Trinajstić information content (AvgIpc) is 3.01. The molecule has 0 spiro atoms. The Labute approximate surface area is 84.9 Å². The van der Waals surface area contributed by atoms with Crippen LogP contribution in [0.5, 0.6) is 0 Å². The molecule has 1 aromatic heterocycles. The van der Waals surface area contributed by atoms with Crippen LogP contribution in [0.15, 0.2) is 18.3 Å². The van der Waals surface area contributed by atoms with Gasteiger partial charge in [0.15, 0.2) is 0 Å². The Morgan fingerprint density at radius 3 is 3.00 bits per heavy atom. The topological polar surface area (TPSA) is 42.2 Å². The van der Waals surface area contributed by atoms with E-state index in [2.05, 4.69) is 16.9 Å². The van der Waals surface area contributed by atoms with Crippen LogP contribution < -0.4 is 10.6 Å². The standard InChI is InChI=1S/C11H17N3/c1-14(8-9-4-5-9)11-10(7-12)3-2-6-13-11/h2-3,6,9H,4-5,7-8,12H2,1H3. The molecule has 0 aromatic carbocycles. The van der Waals surface area contributed by atoms with Gasteiger partial charge in [-0.3, -0.25) is 0 Å². The van der Waals surface area contributed by atoms with E-state index >= 15 is 0 Å². The molecule has 0 radical (unpaired) electrons. The molecule has 0 amide bonds. The lowest BCUT2D eigenvalue weighted by atomic mass is 10.2. The first-order valence-electron chi connectivity index (χ1n) is 5.16. The number of rotatable bonds is 4. The molecule has 1 aromatic rings. The molecule has 1 saturated carbocycles. The summed E-state index contributed by atoms with van der Waals surface area (Å²) in [6, 6.07) is 3.99. The molecule has 1 aliphatic rings. The number of aromatic nitrogens is 1. The van der Waals surface area contributed by atoms with Gasteiger partial charge in [0.1, 0.15) is 5.82 Å². The maximum Gasteiger partial charge on any atom is 0.132 e. The van der Waals surface area contributed by atoms with E-state index in [0.29, 0.717) is 6.54 Å². The lowest BCUT2D eigenvalue weighted by Gasteiger charge is -2.20. The van der Waals surface area contributed by atoms with E-state index in [1.807, 2.05) is 18.3 Å². The maximum absolute atomic E-state index is 5.67. The van der Waals surface area contributed by atoms with Gasteiger partial charge in [0.25, 0.3) is 0 Å². The summed E-state index contributed by atoms with van der Waals surface area (Å²) in [6.45, 7) is 1.68. The van der Waals surface area contributed by atoms with Crippen LogP contribution in [-0.2, 0) is 6.54 Å². The van der Waals surface area contributed by atoms with E-state index in [1.165, 1.54) is 12.8 Å². The minimum atomic E-state index is 0.568. The molecule has 1 fully saturated rings. The van der Waals surface area contributed by atoms with Crippen molar-refractivity contribution in [1.29, 1.82) is 0 Å². The van der Waals surface area contributed by atoms with Crippen molar-refractivity contribution in [2.45, 2.75) is 19.4 Å². The van der Waals surface area contributed by atoms with Gasteiger partial charge < -0.3 is 10.6 Å². The zero-order valence-corrected chi connectivity index (χ0v) is 8.61. The zero-order valence-electron chi connectivity index (χ0n) is 8.61. The number of nitrogens with two attached hydrogens (primary N) is 1. The van der Waals surface area contributed by atoms with Gasteiger partial charge in [0.2, 0.25) is 0 Å². The lowest BCUT2D eigenvalue weighted by molar-refractivity contribution is 0.771. The number of pyridine rings is 1.